The van der Waals surface area contributed by atoms with E-state index in [1.807, 2.05) is 38.8 Å². The number of likely N-dealkylation sites (tertiary alicyclic amines) is 1. The second kappa shape index (κ2) is 7.16. The van der Waals surface area contributed by atoms with E-state index in [0.717, 1.165) is 5.57 Å². The molecule has 2 N–H and O–H groups in total. The molecule has 0 saturated carbocycles. The van der Waals surface area contributed by atoms with Gasteiger partial charge in [-0.2, -0.15) is 0 Å². The summed E-state index contributed by atoms with van der Waals surface area (Å²) < 4.78 is 26.2. The van der Waals surface area contributed by atoms with E-state index >= 15 is 0 Å². The van der Waals surface area contributed by atoms with Gasteiger partial charge in [-0.1, -0.05) is 13.8 Å². The normalized spacial score (nSPS) is 20.5. The van der Waals surface area contributed by atoms with Crippen molar-refractivity contribution in [2.75, 3.05) is 19.6 Å². The van der Waals surface area contributed by atoms with Crippen LogP contribution in [-0.4, -0.2) is 42.2 Å². The Labute approximate surface area is 120 Å². The van der Waals surface area contributed by atoms with E-state index in [1.165, 1.54) is 0 Å². The van der Waals surface area contributed by atoms with Gasteiger partial charge in [0.15, 0.2) is 0 Å². The van der Waals surface area contributed by atoms with Gasteiger partial charge in [-0.3, -0.25) is 4.90 Å². The van der Waals surface area contributed by atoms with Crippen LogP contribution in [0.5, 0.6) is 0 Å². The number of hydrogen-bond donors (Lipinski definition) is 2. The average molecular weight is 287 g/mol. The highest BCUT2D eigenvalue weighted by Crippen LogP contribution is 2.27. The molecule has 1 rings (SSSR count). The number of halogens is 2. The minimum absolute atomic E-state index is 0.0920. The van der Waals surface area contributed by atoms with E-state index in [1.54, 1.807) is 0 Å². The lowest BCUT2D eigenvalue weighted by molar-refractivity contribution is -0.0523. The standard InChI is InChI=1S/C15H27F2N3/c1-11(2)13(9-19-12(3)4)14(18)10-20-7-5-15(16,17)6-8-20/h9,11-12,18-19H,5-8,10H2,1-4H3/b13-9-,18-14?. The van der Waals surface area contributed by atoms with Crippen LogP contribution in [-0.2, 0) is 0 Å². The second-order valence-corrected chi connectivity index (χ2v) is 6.19. The lowest BCUT2D eigenvalue weighted by atomic mass is 9.98. The third kappa shape index (κ3) is 5.57. The molecule has 1 heterocycles. The molecular weight excluding hydrogens is 260 g/mol. The van der Waals surface area contributed by atoms with Gasteiger partial charge >= 0.3 is 0 Å². The number of nitrogens with zero attached hydrogens (tertiary/aromatic N) is 1. The summed E-state index contributed by atoms with van der Waals surface area (Å²) in [7, 11) is 0. The molecule has 0 spiro atoms. The summed E-state index contributed by atoms with van der Waals surface area (Å²) in [6.07, 6.45) is 1.71. The van der Waals surface area contributed by atoms with Crippen LogP contribution < -0.4 is 5.32 Å². The minimum atomic E-state index is -2.52. The van der Waals surface area contributed by atoms with E-state index in [-0.39, 0.29) is 18.8 Å². The Balaban J connectivity index is 2.57. The van der Waals surface area contributed by atoms with Gasteiger partial charge in [0.05, 0.1) is 5.71 Å². The van der Waals surface area contributed by atoms with Gasteiger partial charge in [-0.05, 0) is 25.3 Å². The van der Waals surface area contributed by atoms with E-state index in [2.05, 4.69) is 5.32 Å². The fourth-order valence-corrected chi connectivity index (χ4v) is 2.21. The summed E-state index contributed by atoms with van der Waals surface area (Å²) in [4.78, 5) is 1.95. The van der Waals surface area contributed by atoms with Gasteiger partial charge in [-0.15, -0.1) is 0 Å². The van der Waals surface area contributed by atoms with Crippen LogP contribution in [0.3, 0.4) is 0 Å². The fourth-order valence-electron chi connectivity index (χ4n) is 2.21. The number of hydrogen-bond acceptors (Lipinski definition) is 3. The van der Waals surface area contributed by atoms with Gasteiger partial charge < -0.3 is 10.7 Å². The monoisotopic (exact) mass is 287 g/mol. The van der Waals surface area contributed by atoms with Crippen LogP contribution in [0.1, 0.15) is 40.5 Å². The molecule has 0 bridgehead atoms. The third-order valence-corrected chi connectivity index (χ3v) is 3.51. The van der Waals surface area contributed by atoms with E-state index in [0.29, 0.717) is 31.4 Å². The van der Waals surface area contributed by atoms with Crippen LogP contribution in [0.25, 0.3) is 0 Å². The van der Waals surface area contributed by atoms with Crippen LogP contribution in [0.2, 0.25) is 0 Å². The van der Waals surface area contributed by atoms with Crippen LogP contribution in [0, 0.1) is 11.3 Å². The molecule has 0 radical (unpaired) electrons. The second-order valence-electron chi connectivity index (χ2n) is 6.19. The first-order valence-corrected chi connectivity index (χ1v) is 7.35. The predicted molar refractivity (Wildman–Crippen MR) is 79.5 cm³/mol. The molecule has 0 aromatic rings. The first-order chi connectivity index (χ1) is 9.21. The summed E-state index contributed by atoms with van der Waals surface area (Å²) >= 11 is 0. The summed E-state index contributed by atoms with van der Waals surface area (Å²) in [6, 6.07) is 0.324. The first-order valence-electron chi connectivity index (χ1n) is 7.35. The zero-order valence-electron chi connectivity index (χ0n) is 13.0. The molecule has 0 atom stereocenters. The van der Waals surface area contributed by atoms with Crippen molar-refractivity contribution in [1.82, 2.24) is 10.2 Å². The molecule has 1 aliphatic heterocycles. The van der Waals surface area contributed by atoms with Gasteiger partial charge in [0.2, 0.25) is 0 Å². The SMILES string of the molecule is CC(C)N/C=C(\C(=N)CN1CCC(F)(F)CC1)C(C)C. The average Bonchev–Trinajstić information content (AvgIpc) is 2.31. The molecule has 20 heavy (non-hydrogen) atoms. The lowest BCUT2D eigenvalue weighted by Gasteiger charge is -2.32. The number of piperidine rings is 1. The highest BCUT2D eigenvalue weighted by Gasteiger charge is 2.34. The molecule has 3 nitrogen and oxygen atoms in total. The maximum absolute atomic E-state index is 13.1. The van der Waals surface area contributed by atoms with Crippen molar-refractivity contribution in [1.29, 1.82) is 5.41 Å². The molecule has 1 fully saturated rings. The molecule has 5 heteroatoms. The van der Waals surface area contributed by atoms with E-state index in [9.17, 15) is 8.78 Å². The molecular formula is C15H27F2N3. The van der Waals surface area contributed by atoms with Crippen molar-refractivity contribution in [3.63, 3.8) is 0 Å². The predicted octanol–water partition coefficient (Wildman–Crippen LogP) is 3.28. The van der Waals surface area contributed by atoms with Crippen LogP contribution in [0.4, 0.5) is 8.78 Å². The van der Waals surface area contributed by atoms with Crippen LogP contribution in [0.15, 0.2) is 11.8 Å². The van der Waals surface area contributed by atoms with Gasteiger partial charge in [0, 0.05) is 44.7 Å². The molecule has 0 aromatic carbocycles. The minimum Gasteiger partial charge on any atom is -0.388 e. The van der Waals surface area contributed by atoms with Crippen molar-refractivity contribution in [2.24, 2.45) is 5.92 Å². The lowest BCUT2D eigenvalue weighted by Crippen LogP contribution is -2.42. The van der Waals surface area contributed by atoms with Crippen molar-refractivity contribution < 1.29 is 8.78 Å². The highest BCUT2D eigenvalue weighted by molar-refractivity contribution is 5.99. The third-order valence-electron chi connectivity index (χ3n) is 3.51. The molecule has 0 aromatic heterocycles. The number of nitrogens with one attached hydrogen (secondary N) is 2. The zero-order valence-corrected chi connectivity index (χ0v) is 13.0. The Morgan fingerprint density at radius 3 is 2.25 bits per heavy atom. The summed E-state index contributed by atoms with van der Waals surface area (Å²) in [5.41, 5.74) is 1.48. The number of rotatable bonds is 6. The summed E-state index contributed by atoms with van der Waals surface area (Å²) in [5.74, 6) is -2.27. The fraction of sp³-hybridized carbons (Fsp3) is 0.800. The topological polar surface area (TPSA) is 39.1 Å². The van der Waals surface area contributed by atoms with Gasteiger partial charge in [0.1, 0.15) is 0 Å². The molecule has 1 aliphatic rings. The molecule has 0 amide bonds. The van der Waals surface area contributed by atoms with Gasteiger partial charge in [0.25, 0.3) is 5.92 Å². The molecule has 1 saturated heterocycles. The summed E-state index contributed by atoms with van der Waals surface area (Å²) in [5, 5.41) is 11.4. The maximum Gasteiger partial charge on any atom is 0.250 e. The Kier molecular flexibility index (Phi) is 6.11. The highest BCUT2D eigenvalue weighted by atomic mass is 19.3. The smallest absolute Gasteiger partial charge is 0.250 e. The summed E-state index contributed by atoms with van der Waals surface area (Å²) in [6.45, 7) is 9.39. The maximum atomic E-state index is 13.1. The Bertz CT molecular complexity index is 352. The van der Waals surface area contributed by atoms with Crippen molar-refractivity contribution in [3.8, 4) is 0 Å². The first kappa shape index (κ1) is 17.1. The Hall–Kier alpha value is -0.970. The van der Waals surface area contributed by atoms with E-state index in [4.69, 9.17) is 5.41 Å². The van der Waals surface area contributed by atoms with E-state index < -0.39 is 5.92 Å². The zero-order chi connectivity index (χ0) is 15.3. The Morgan fingerprint density at radius 2 is 1.80 bits per heavy atom. The quantitative estimate of drug-likeness (QED) is 0.736. The molecule has 116 valence electrons. The molecule has 0 unspecified atom stereocenters. The Morgan fingerprint density at radius 1 is 1.25 bits per heavy atom. The van der Waals surface area contributed by atoms with Gasteiger partial charge in [-0.25, -0.2) is 8.78 Å². The van der Waals surface area contributed by atoms with Crippen molar-refractivity contribution in [2.45, 2.75) is 52.5 Å². The van der Waals surface area contributed by atoms with Crippen molar-refractivity contribution >= 4 is 5.71 Å². The van der Waals surface area contributed by atoms with Crippen molar-refractivity contribution in [3.05, 3.63) is 11.8 Å². The number of alkyl halides is 2. The largest absolute Gasteiger partial charge is 0.388 e. The molecule has 0 aliphatic carbocycles. The van der Waals surface area contributed by atoms with Crippen LogP contribution >= 0.6 is 0 Å².